The van der Waals surface area contributed by atoms with E-state index in [0.29, 0.717) is 5.82 Å². The molecular formula is C9H11N3. The van der Waals surface area contributed by atoms with Gasteiger partial charge in [0.15, 0.2) is 0 Å². The number of hydrogen-bond acceptors (Lipinski definition) is 2. The minimum Gasteiger partial charge on any atom is -0.382 e. The number of H-pyrrole nitrogens is 1. The Morgan fingerprint density at radius 3 is 2.92 bits per heavy atom. The third kappa shape index (κ3) is 1.25. The molecule has 62 valence electrons. The second-order valence-corrected chi connectivity index (χ2v) is 2.85. The fourth-order valence-corrected chi connectivity index (χ4v) is 1.30. The summed E-state index contributed by atoms with van der Waals surface area (Å²) in [7, 11) is 0. The molecule has 3 nitrogen and oxygen atoms in total. The van der Waals surface area contributed by atoms with Crippen molar-refractivity contribution in [2.45, 2.75) is 12.8 Å². The van der Waals surface area contributed by atoms with Gasteiger partial charge >= 0.3 is 0 Å². The molecule has 0 bridgehead atoms. The van der Waals surface area contributed by atoms with E-state index in [2.05, 4.69) is 28.4 Å². The van der Waals surface area contributed by atoms with Crippen LogP contribution in [0.25, 0.3) is 5.57 Å². The minimum absolute atomic E-state index is 0.546. The summed E-state index contributed by atoms with van der Waals surface area (Å²) in [6.07, 6.45) is 8.67. The lowest BCUT2D eigenvalue weighted by atomic mass is 10.0. The summed E-state index contributed by atoms with van der Waals surface area (Å²) in [6.45, 7) is 0. The fourth-order valence-electron chi connectivity index (χ4n) is 1.30. The van der Waals surface area contributed by atoms with Crippen LogP contribution in [0.5, 0.6) is 0 Å². The van der Waals surface area contributed by atoms with E-state index in [4.69, 9.17) is 5.73 Å². The molecule has 0 fully saturated rings. The normalized spacial score (nSPS) is 16.2. The number of nitrogens with two attached hydrogens (primary N) is 1. The van der Waals surface area contributed by atoms with Gasteiger partial charge in [0.05, 0.1) is 5.69 Å². The SMILES string of the molecule is Nc1cc(C2=CCCC=C2)[nH]n1. The second-order valence-electron chi connectivity index (χ2n) is 2.85. The van der Waals surface area contributed by atoms with Gasteiger partial charge in [-0.1, -0.05) is 18.2 Å². The van der Waals surface area contributed by atoms with E-state index in [9.17, 15) is 0 Å². The number of nitrogens with zero attached hydrogens (tertiary/aromatic N) is 1. The molecule has 3 heteroatoms. The highest BCUT2D eigenvalue weighted by molar-refractivity contribution is 5.73. The van der Waals surface area contributed by atoms with Gasteiger partial charge in [-0.3, -0.25) is 5.10 Å². The zero-order valence-electron chi connectivity index (χ0n) is 6.75. The summed E-state index contributed by atoms with van der Waals surface area (Å²) in [5.41, 5.74) is 7.68. The van der Waals surface area contributed by atoms with E-state index in [1.165, 1.54) is 5.57 Å². The maximum absolute atomic E-state index is 5.49. The van der Waals surface area contributed by atoms with Crippen LogP contribution < -0.4 is 5.73 Å². The smallest absolute Gasteiger partial charge is 0.145 e. The predicted molar refractivity (Wildman–Crippen MR) is 49.4 cm³/mol. The molecule has 0 unspecified atom stereocenters. The lowest BCUT2D eigenvalue weighted by Crippen LogP contribution is -1.85. The van der Waals surface area contributed by atoms with Gasteiger partial charge in [0.25, 0.3) is 0 Å². The third-order valence-electron chi connectivity index (χ3n) is 1.90. The van der Waals surface area contributed by atoms with Gasteiger partial charge in [-0.15, -0.1) is 0 Å². The molecule has 0 amide bonds. The maximum Gasteiger partial charge on any atom is 0.145 e. The number of anilines is 1. The molecule has 0 aromatic carbocycles. The third-order valence-corrected chi connectivity index (χ3v) is 1.90. The maximum atomic E-state index is 5.49. The highest BCUT2D eigenvalue weighted by Gasteiger charge is 2.03. The molecule has 12 heavy (non-hydrogen) atoms. The van der Waals surface area contributed by atoms with E-state index in [0.717, 1.165) is 18.5 Å². The van der Waals surface area contributed by atoms with Crippen molar-refractivity contribution < 1.29 is 0 Å². The zero-order chi connectivity index (χ0) is 8.39. The minimum atomic E-state index is 0.546. The zero-order valence-corrected chi connectivity index (χ0v) is 6.75. The Morgan fingerprint density at radius 1 is 1.42 bits per heavy atom. The second kappa shape index (κ2) is 2.85. The number of rotatable bonds is 1. The molecule has 1 aromatic heterocycles. The van der Waals surface area contributed by atoms with Crippen LogP contribution in [0.15, 0.2) is 24.3 Å². The average molecular weight is 161 g/mol. The van der Waals surface area contributed by atoms with Gasteiger partial charge in [0, 0.05) is 6.07 Å². The van der Waals surface area contributed by atoms with E-state index in [1.807, 2.05) is 6.07 Å². The van der Waals surface area contributed by atoms with Crippen LogP contribution in [-0.4, -0.2) is 10.2 Å². The van der Waals surface area contributed by atoms with Crippen molar-refractivity contribution in [1.29, 1.82) is 0 Å². The molecule has 1 heterocycles. The first-order chi connectivity index (χ1) is 5.86. The van der Waals surface area contributed by atoms with Gasteiger partial charge in [0.2, 0.25) is 0 Å². The molecule has 1 aromatic rings. The van der Waals surface area contributed by atoms with Crippen LogP contribution >= 0.6 is 0 Å². The van der Waals surface area contributed by atoms with Crippen molar-refractivity contribution in [2.75, 3.05) is 5.73 Å². The highest BCUT2D eigenvalue weighted by Crippen LogP contribution is 2.20. The molecule has 1 aliphatic carbocycles. The van der Waals surface area contributed by atoms with Crippen molar-refractivity contribution in [1.82, 2.24) is 10.2 Å². The quantitative estimate of drug-likeness (QED) is 0.659. The molecule has 0 radical (unpaired) electrons. The number of hydrogen-bond donors (Lipinski definition) is 2. The molecular weight excluding hydrogens is 150 g/mol. The summed E-state index contributed by atoms with van der Waals surface area (Å²) < 4.78 is 0. The Balaban J connectivity index is 2.30. The van der Waals surface area contributed by atoms with E-state index in [1.54, 1.807) is 0 Å². The Bertz CT molecular complexity index is 333. The largest absolute Gasteiger partial charge is 0.382 e. The van der Waals surface area contributed by atoms with Crippen LogP contribution in [0.1, 0.15) is 18.5 Å². The predicted octanol–water partition coefficient (Wildman–Crippen LogP) is 1.73. The van der Waals surface area contributed by atoms with E-state index < -0.39 is 0 Å². The van der Waals surface area contributed by atoms with Crippen molar-refractivity contribution >= 4 is 11.4 Å². The van der Waals surface area contributed by atoms with Crippen molar-refractivity contribution in [2.24, 2.45) is 0 Å². The Kier molecular flexibility index (Phi) is 1.70. The van der Waals surface area contributed by atoms with E-state index >= 15 is 0 Å². The summed E-state index contributed by atoms with van der Waals surface area (Å²) in [5, 5.41) is 6.75. The topological polar surface area (TPSA) is 54.7 Å². The van der Waals surface area contributed by atoms with Crippen molar-refractivity contribution in [3.8, 4) is 0 Å². The van der Waals surface area contributed by atoms with Crippen LogP contribution in [0.3, 0.4) is 0 Å². The van der Waals surface area contributed by atoms with Crippen LogP contribution in [0.2, 0.25) is 0 Å². The number of nitrogen functional groups attached to an aromatic ring is 1. The Morgan fingerprint density at radius 2 is 2.33 bits per heavy atom. The summed E-state index contributed by atoms with van der Waals surface area (Å²) >= 11 is 0. The lowest BCUT2D eigenvalue weighted by Gasteiger charge is -2.02. The summed E-state index contributed by atoms with van der Waals surface area (Å²) in [4.78, 5) is 0. The van der Waals surface area contributed by atoms with Gasteiger partial charge in [-0.25, -0.2) is 0 Å². The molecule has 2 rings (SSSR count). The monoisotopic (exact) mass is 161 g/mol. The Hall–Kier alpha value is -1.51. The van der Waals surface area contributed by atoms with Gasteiger partial charge in [-0.05, 0) is 18.4 Å². The number of aromatic nitrogens is 2. The number of aromatic amines is 1. The Labute approximate surface area is 71.0 Å². The van der Waals surface area contributed by atoms with Gasteiger partial charge in [-0.2, -0.15) is 5.10 Å². The highest BCUT2D eigenvalue weighted by atomic mass is 15.2. The molecule has 3 N–H and O–H groups in total. The van der Waals surface area contributed by atoms with Crippen LogP contribution in [0.4, 0.5) is 5.82 Å². The molecule has 0 spiro atoms. The average Bonchev–Trinajstić information content (AvgIpc) is 2.54. The molecule has 0 aliphatic heterocycles. The van der Waals surface area contributed by atoms with E-state index in [-0.39, 0.29) is 0 Å². The summed E-state index contributed by atoms with van der Waals surface area (Å²) in [5.74, 6) is 0.546. The first kappa shape index (κ1) is 7.16. The van der Waals surface area contributed by atoms with Crippen LogP contribution in [-0.2, 0) is 0 Å². The van der Waals surface area contributed by atoms with Crippen molar-refractivity contribution in [3.05, 3.63) is 30.0 Å². The number of nitrogens with one attached hydrogen (secondary N) is 1. The van der Waals surface area contributed by atoms with Crippen LogP contribution in [0, 0.1) is 0 Å². The van der Waals surface area contributed by atoms with Crippen molar-refractivity contribution in [3.63, 3.8) is 0 Å². The molecule has 0 saturated heterocycles. The van der Waals surface area contributed by atoms with Gasteiger partial charge in [0.1, 0.15) is 5.82 Å². The molecule has 1 aliphatic rings. The molecule has 0 atom stereocenters. The standard InChI is InChI=1S/C9H11N3/c10-9-6-8(11-12-9)7-4-2-1-3-5-7/h2,4-6H,1,3H2,(H3,10,11,12). The molecule has 0 saturated carbocycles. The van der Waals surface area contributed by atoms with Gasteiger partial charge < -0.3 is 5.73 Å². The fraction of sp³-hybridized carbons (Fsp3) is 0.222. The summed E-state index contributed by atoms with van der Waals surface area (Å²) in [6, 6.07) is 1.85. The first-order valence-corrected chi connectivity index (χ1v) is 4.04. The number of allylic oxidation sites excluding steroid dienone is 4. The lowest BCUT2D eigenvalue weighted by molar-refractivity contribution is 1.03. The first-order valence-electron chi connectivity index (χ1n) is 4.04.